The van der Waals surface area contributed by atoms with Crippen LogP contribution in [0.3, 0.4) is 0 Å². The molecule has 17 heavy (non-hydrogen) atoms. The summed E-state index contributed by atoms with van der Waals surface area (Å²) in [5, 5.41) is -0.162. The average Bonchev–Trinajstić information content (AvgIpc) is 2.68. The van der Waals surface area contributed by atoms with Crippen LogP contribution in [0, 0.1) is 0 Å². The van der Waals surface area contributed by atoms with Crippen molar-refractivity contribution in [3.05, 3.63) is 30.3 Å². The average molecular weight is 322 g/mol. The first-order valence-corrected chi connectivity index (χ1v) is 7.61. The molecule has 2 rings (SSSR count). The van der Waals surface area contributed by atoms with Gasteiger partial charge in [0.2, 0.25) is 0 Å². The molecule has 2 unspecified atom stereocenters. The van der Waals surface area contributed by atoms with Crippen molar-refractivity contribution in [2.24, 2.45) is 0 Å². The number of hydrogen-bond donors (Lipinski definition) is 0. The SMILES string of the molecule is COC1OC(OC)[C@@H]([Se]c2ccccc2)[C@@H]1Cl. The van der Waals surface area contributed by atoms with E-state index in [2.05, 4.69) is 12.1 Å². The van der Waals surface area contributed by atoms with Gasteiger partial charge < -0.3 is 0 Å². The summed E-state index contributed by atoms with van der Waals surface area (Å²) in [6.07, 6.45) is -0.653. The van der Waals surface area contributed by atoms with Gasteiger partial charge in [0.05, 0.1) is 0 Å². The summed E-state index contributed by atoms with van der Waals surface area (Å²) in [6.45, 7) is 0. The molecule has 0 amide bonds. The summed E-state index contributed by atoms with van der Waals surface area (Å²) in [4.78, 5) is 0.168. The monoisotopic (exact) mass is 322 g/mol. The maximum absolute atomic E-state index is 6.35. The van der Waals surface area contributed by atoms with Crippen LogP contribution < -0.4 is 4.46 Å². The van der Waals surface area contributed by atoms with Crippen LogP contribution in [0.25, 0.3) is 0 Å². The molecule has 0 saturated carbocycles. The minimum absolute atomic E-state index is 0.162. The molecule has 0 spiro atoms. The van der Waals surface area contributed by atoms with Crippen LogP contribution in [-0.2, 0) is 14.2 Å². The molecule has 0 aromatic heterocycles. The Kier molecular flexibility index (Phi) is 4.86. The number of rotatable bonds is 4. The number of alkyl halides is 1. The summed E-state index contributed by atoms with van der Waals surface area (Å²) in [5.74, 6) is 0. The van der Waals surface area contributed by atoms with Gasteiger partial charge in [0.15, 0.2) is 0 Å². The summed E-state index contributed by atoms with van der Waals surface area (Å²) in [5.41, 5.74) is 0. The van der Waals surface area contributed by atoms with Gasteiger partial charge in [0, 0.05) is 0 Å². The van der Waals surface area contributed by atoms with E-state index in [0.717, 1.165) is 0 Å². The van der Waals surface area contributed by atoms with Gasteiger partial charge in [-0.3, -0.25) is 0 Å². The van der Waals surface area contributed by atoms with E-state index in [1.165, 1.54) is 4.46 Å². The molecule has 1 aromatic rings. The Bertz CT molecular complexity index is 347. The van der Waals surface area contributed by atoms with Gasteiger partial charge in [-0.25, -0.2) is 0 Å². The number of benzene rings is 1. The molecular formula is C12H15ClO3Se. The Morgan fingerprint density at radius 2 is 1.76 bits per heavy atom. The Morgan fingerprint density at radius 3 is 2.35 bits per heavy atom. The molecule has 0 radical (unpaired) electrons. The second-order valence-corrected chi connectivity index (χ2v) is 6.81. The van der Waals surface area contributed by atoms with Crippen molar-refractivity contribution in [3.8, 4) is 0 Å². The first-order valence-electron chi connectivity index (χ1n) is 5.33. The Hall–Kier alpha value is -0.0905. The van der Waals surface area contributed by atoms with E-state index in [1.54, 1.807) is 14.2 Å². The maximum atomic E-state index is 6.35. The molecule has 1 saturated heterocycles. The molecule has 1 aliphatic rings. The minimum atomic E-state index is -0.378. The van der Waals surface area contributed by atoms with Gasteiger partial charge in [-0.15, -0.1) is 0 Å². The van der Waals surface area contributed by atoms with Crippen LogP contribution in [0.1, 0.15) is 0 Å². The zero-order chi connectivity index (χ0) is 12.3. The predicted octanol–water partition coefficient (Wildman–Crippen LogP) is 1.39. The molecule has 1 heterocycles. The second kappa shape index (κ2) is 6.19. The predicted molar refractivity (Wildman–Crippen MR) is 67.9 cm³/mol. The van der Waals surface area contributed by atoms with Crippen LogP contribution in [0.2, 0.25) is 4.82 Å². The third-order valence-electron chi connectivity index (χ3n) is 2.59. The van der Waals surface area contributed by atoms with Crippen molar-refractivity contribution in [2.45, 2.75) is 22.8 Å². The van der Waals surface area contributed by atoms with Crippen molar-refractivity contribution in [1.82, 2.24) is 0 Å². The van der Waals surface area contributed by atoms with Crippen molar-refractivity contribution in [3.63, 3.8) is 0 Å². The first-order chi connectivity index (χ1) is 8.26. The standard InChI is InChI=1S/C12H15ClO3Se/c1-14-11-9(13)10(12(15-2)16-11)17-8-6-4-3-5-7-8/h3-7,9-12H,1-2H3/t9-,10-,11?,12?/m0/s1. The van der Waals surface area contributed by atoms with E-state index in [9.17, 15) is 0 Å². The summed E-state index contributed by atoms with van der Waals surface area (Å²) in [7, 11) is 3.24. The Morgan fingerprint density at radius 1 is 1.12 bits per heavy atom. The molecule has 4 atom stereocenters. The van der Waals surface area contributed by atoms with E-state index in [1.807, 2.05) is 18.2 Å². The van der Waals surface area contributed by atoms with Crippen molar-refractivity contribution >= 4 is 31.0 Å². The van der Waals surface area contributed by atoms with Crippen LogP contribution in [-0.4, -0.2) is 47.1 Å². The Balaban J connectivity index is 2.08. The summed E-state index contributed by atoms with van der Waals surface area (Å²) in [6, 6.07) is 10.3. The third kappa shape index (κ3) is 3.02. The molecule has 0 N–H and O–H groups in total. The molecule has 1 fully saturated rings. The first kappa shape index (κ1) is 13.3. The van der Waals surface area contributed by atoms with Crippen LogP contribution in [0.5, 0.6) is 0 Å². The van der Waals surface area contributed by atoms with E-state index in [0.29, 0.717) is 0 Å². The van der Waals surface area contributed by atoms with Gasteiger partial charge >= 0.3 is 113 Å². The fourth-order valence-corrected chi connectivity index (χ4v) is 4.75. The van der Waals surface area contributed by atoms with Crippen LogP contribution in [0.15, 0.2) is 30.3 Å². The van der Waals surface area contributed by atoms with Crippen molar-refractivity contribution in [1.29, 1.82) is 0 Å². The van der Waals surface area contributed by atoms with Crippen molar-refractivity contribution < 1.29 is 14.2 Å². The fourth-order valence-electron chi connectivity index (χ4n) is 1.74. The molecule has 1 aromatic carbocycles. The van der Waals surface area contributed by atoms with Gasteiger partial charge in [0.1, 0.15) is 0 Å². The normalized spacial score (nSPS) is 32.9. The zero-order valence-corrected chi connectivity index (χ0v) is 12.2. The number of ether oxygens (including phenoxy) is 3. The van der Waals surface area contributed by atoms with Crippen molar-refractivity contribution in [2.75, 3.05) is 14.2 Å². The second-order valence-electron chi connectivity index (χ2n) is 3.68. The van der Waals surface area contributed by atoms with E-state index < -0.39 is 0 Å². The molecule has 0 aliphatic carbocycles. The van der Waals surface area contributed by atoms with Crippen LogP contribution in [0.4, 0.5) is 0 Å². The summed E-state index contributed by atoms with van der Waals surface area (Å²) >= 11 is 6.56. The van der Waals surface area contributed by atoms with E-state index in [4.69, 9.17) is 25.8 Å². The zero-order valence-electron chi connectivity index (χ0n) is 9.71. The molecule has 1 aliphatic heterocycles. The molecular weight excluding hydrogens is 307 g/mol. The van der Waals surface area contributed by atoms with Gasteiger partial charge in [-0.05, 0) is 0 Å². The van der Waals surface area contributed by atoms with E-state index in [-0.39, 0.29) is 37.7 Å². The van der Waals surface area contributed by atoms with E-state index >= 15 is 0 Å². The number of methoxy groups -OCH3 is 2. The van der Waals surface area contributed by atoms with Gasteiger partial charge in [0.25, 0.3) is 0 Å². The number of halogens is 1. The molecule has 5 heteroatoms. The summed E-state index contributed by atoms with van der Waals surface area (Å²) < 4.78 is 17.4. The topological polar surface area (TPSA) is 27.7 Å². The van der Waals surface area contributed by atoms with Crippen LogP contribution >= 0.6 is 11.6 Å². The van der Waals surface area contributed by atoms with Gasteiger partial charge in [-0.1, -0.05) is 0 Å². The third-order valence-corrected chi connectivity index (χ3v) is 6.20. The molecule has 3 nitrogen and oxygen atoms in total. The fraction of sp³-hybridized carbons (Fsp3) is 0.500. The Labute approximate surface area is 113 Å². The number of hydrogen-bond acceptors (Lipinski definition) is 3. The molecule has 0 bridgehead atoms. The quantitative estimate of drug-likeness (QED) is 0.619. The van der Waals surface area contributed by atoms with Gasteiger partial charge in [-0.2, -0.15) is 0 Å². The molecule has 94 valence electrons.